The van der Waals surface area contributed by atoms with Gasteiger partial charge in [0, 0.05) is 42.2 Å². The van der Waals surface area contributed by atoms with E-state index in [2.05, 4.69) is 15.3 Å². The van der Waals surface area contributed by atoms with Gasteiger partial charge in [0.05, 0.1) is 5.56 Å². The molecular weight excluding hydrogens is 404 g/mol. The lowest BCUT2D eigenvalue weighted by Gasteiger charge is -2.20. The average molecular weight is 425 g/mol. The molecule has 160 valence electrons. The minimum Gasteiger partial charge on any atom is -0.384 e. The Morgan fingerprint density at radius 1 is 1.16 bits per heavy atom. The first-order valence-corrected chi connectivity index (χ1v) is 9.48. The van der Waals surface area contributed by atoms with Crippen LogP contribution in [0.2, 0.25) is 0 Å². The minimum atomic E-state index is -1.48. The van der Waals surface area contributed by atoms with Crippen LogP contribution in [-0.2, 0) is 16.1 Å². The van der Waals surface area contributed by atoms with Gasteiger partial charge in [0.2, 0.25) is 0 Å². The third kappa shape index (κ3) is 5.07. The molecule has 1 heterocycles. The molecule has 3 aromatic rings. The van der Waals surface area contributed by atoms with Crippen molar-refractivity contribution in [3.05, 3.63) is 83.4 Å². The molecule has 0 fully saturated rings. The van der Waals surface area contributed by atoms with Crippen molar-refractivity contribution in [1.29, 1.82) is 5.41 Å². The highest BCUT2D eigenvalue weighted by atomic mass is 19.1. The molecule has 0 aliphatic carbocycles. The van der Waals surface area contributed by atoms with E-state index in [1.165, 1.54) is 24.8 Å². The Balaban J connectivity index is 1.85. The second-order valence-electron chi connectivity index (χ2n) is 6.61. The largest absolute Gasteiger partial charge is 0.384 e. The molecular formula is C22H21F2N5O2. The third-order valence-electron chi connectivity index (χ3n) is 4.56. The zero-order valence-electron chi connectivity index (χ0n) is 16.7. The van der Waals surface area contributed by atoms with Crippen molar-refractivity contribution in [2.24, 2.45) is 5.73 Å². The van der Waals surface area contributed by atoms with Crippen LogP contribution in [0.3, 0.4) is 0 Å². The summed E-state index contributed by atoms with van der Waals surface area (Å²) in [5.41, 5.74) is 6.63. The fourth-order valence-electron chi connectivity index (χ4n) is 3.01. The van der Waals surface area contributed by atoms with Crippen LogP contribution < -0.4 is 11.1 Å². The number of hydrogen-bond acceptors (Lipinski definition) is 5. The maximum atomic E-state index is 15.2. The molecule has 9 heteroatoms. The molecule has 0 saturated heterocycles. The summed E-state index contributed by atoms with van der Waals surface area (Å²) in [6.45, 7) is 1.81. The summed E-state index contributed by atoms with van der Waals surface area (Å²) in [7, 11) is 0. The van der Waals surface area contributed by atoms with E-state index in [-0.39, 0.29) is 24.6 Å². The van der Waals surface area contributed by atoms with Crippen LogP contribution in [0.15, 0.2) is 55.1 Å². The molecule has 31 heavy (non-hydrogen) atoms. The van der Waals surface area contributed by atoms with Gasteiger partial charge in [-0.3, -0.25) is 10.2 Å². The van der Waals surface area contributed by atoms with Gasteiger partial charge in [-0.2, -0.15) is 0 Å². The van der Waals surface area contributed by atoms with E-state index in [9.17, 15) is 9.18 Å². The summed E-state index contributed by atoms with van der Waals surface area (Å²) < 4.78 is 35.3. The molecule has 0 aliphatic heterocycles. The lowest BCUT2D eigenvalue weighted by molar-refractivity contribution is -0.133. The standard InChI is InChI=1S/C22H21F2N5O2/c1-2-31-20(22(30)29-9-13-3-5-14(6-4-13)21(25)26)18-17(23)8-7-16(19(18)24)15-10-27-12-28-11-15/h3-8,10-12,20H,2,9H2,1H3,(H3,25,26)(H,29,30)/t20-/m0/s1. The molecule has 2 aromatic carbocycles. The van der Waals surface area contributed by atoms with Gasteiger partial charge in [0.15, 0.2) is 6.10 Å². The molecule has 0 unspecified atom stereocenters. The van der Waals surface area contributed by atoms with Gasteiger partial charge in [0.25, 0.3) is 5.91 Å². The number of nitrogen functional groups attached to an aromatic ring is 1. The van der Waals surface area contributed by atoms with Crippen molar-refractivity contribution in [1.82, 2.24) is 15.3 Å². The number of hydrogen-bond donors (Lipinski definition) is 3. The zero-order valence-corrected chi connectivity index (χ0v) is 16.7. The monoisotopic (exact) mass is 425 g/mol. The van der Waals surface area contributed by atoms with E-state index < -0.39 is 29.2 Å². The summed E-state index contributed by atoms with van der Waals surface area (Å²) in [6, 6.07) is 9.04. The number of nitrogens with one attached hydrogen (secondary N) is 2. The minimum absolute atomic E-state index is 0.0642. The van der Waals surface area contributed by atoms with Crippen molar-refractivity contribution in [3.8, 4) is 11.1 Å². The smallest absolute Gasteiger partial charge is 0.254 e. The summed E-state index contributed by atoms with van der Waals surface area (Å²) in [4.78, 5) is 20.5. The highest BCUT2D eigenvalue weighted by molar-refractivity contribution is 5.94. The Bertz CT molecular complexity index is 1080. The van der Waals surface area contributed by atoms with E-state index in [4.69, 9.17) is 15.9 Å². The molecule has 1 atom stereocenters. The zero-order chi connectivity index (χ0) is 22.4. The maximum Gasteiger partial charge on any atom is 0.254 e. The normalized spacial score (nSPS) is 11.7. The summed E-state index contributed by atoms with van der Waals surface area (Å²) in [5.74, 6) is -2.55. The third-order valence-corrected chi connectivity index (χ3v) is 4.56. The first-order chi connectivity index (χ1) is 14.9. The van der Waals surface area contributed by atoms with E-state index in [0.29, 0.717) is 11.1 Å². The van der Waals surface area contributed by atoms with Crippen molar-refractivity contribution in [3.63, 3.8) is 0 Å². The fraction of sp³-hybridized carbons (Fsp3) is 0.182. The first-order valence-electron chi connectivity index (χ1n) is 9.48. The number of carbonyl (C=O) groups is 1. The molecule has 0 bridgehead atoms. The number of amidine groups is 1. The van der Waals surface area contributed by atoms with Gasteiger partial charge in [0.1, 0.15) is 23.8 Å². The highest BCUT2D eigenvalue weighted by Gasteiger charge is 2.29. The molecule has 3 rings (SSSR count). The number of ether oxygens (including phenoxy) is 1. The van der Waals surface area contributed by atoms with Gasteiger partial charge >= 0.3 is 0 Å². The number of nitrogens with zero attached hydrogens (tertiary/aromatic N) is 2. The number of benzene rings is 2. The average Bonchev–Trinajstić information content (AvgIpc) is 2.77. The van der Waals surface area contributed by atoms with Crippen LogP contribution in [0.25, 0.3) is 11.1 Å². The number of carbonyl (C=O) groups excluding carboxylic acids is 1. The van der Waals surface area contributed by atoms with Crippen LogP contribution in [0.5, 0.6) is 0 Å². The van der Waals surface area contributed by atoms with E-state index >= 15 is 4.39 Å². The molecule has 0 saturated carbocycles. The SMILES string of the molecule is CCO[C@H](C(=O)NCc1ccc(C(=N)N)cc1)c1c(F)ccc(-c2cncnc2)c1F. The Hall–Kier alpha value is -3.72. The highest BCUT2D eigenvalue weighted by Crippen LogP contribution is 2.31. The van der Waals surface area contributed by atoms with Gasteiger partial charge in [-0.15, -0.1) is 0 Å². The van der Waals surface area contributed by atoms with Gasteiger partial charge < -0.3 is 15.8 Å². The Kier molecular flexibility index (Phi) is 6.99. The molecule has 7 nitrogen and oxygen atoms in total. The summed E-state index contributed by atoms with van der Waals surface area (Å²) in [5, 5.41) is 10.0. The van der Waals surface area contributed by atoms with Crippen molar-refractivity contribution in [2.45, 2.75) is 19.6 Å². The molecule has 1 amide bonds. The molecule has 4 N–H and O–H groups in total. The lowest BCUT2D eigenvalue weighted by Crippen LogP contribution is -2.31. The van der Waals surface area contributed by atoms with Crippen LogP contribution in [0.1, 0.15) is 29.7 Å². The number of amides is 1. The second kappa shape index (κ2) is 9.86. The molecule has 1 aromatic heterocycles. The molecule has 0 radical (unpaired) electrons. The van der Waals surface area contributed by atoms with Crippen molar-refractivity contribution < 1.29 is 18.3 Å². The lowest BCUT2D eigenvalue weighted by atomic mass is 10.00. The predicted octanol–water partition coefficient (Wildman–Crippen LogP) is 3.10. The van der Waals surface area contributed by atoms with Gasteiger partial charge in [-0.25, -0.2) is 18.7 Å². The predicted molar refractivity (Wildman–Crippen MR) is 111 cm³/mol. The number of aromatic nitrogens is 2. The van der Waals surface area contributed by atoms with Crippen molar-refractivity contribution >= 4 is 11.7 Å². The van der Waals surface area contributed by atoms with Gasteiger partial charge in [-0.05, 0) is 24.6 Å². The summed E-state index contributed by atoms with van der Waals surface area (Å²) in [6.07, 6.45) is 2.61. The van der Waals surface area contributed by atoms with Gasteiger partial charge in [-0.1, -0.05) is 24.3 Å². The van der Waals surface area contributed by atoms with Crippen LogP contribution >= 0.6 is 0 Å². The number of halogens is 2. The van der Waals surface area contributed by atoms with E-state index in [1.54, 1.807) is 31.2 Å². The Morgan fingerprint density at radius 2 is 1.84 bits per heavy atom. The van der Waals surface area contributed by atoms with Crippen LogP contribution in [-0.4, -0.2) is 28.3 Å². The fourth-order valence-corrected chi connectivity index (χ4v) is 3.01. The topological polar surface area (TPSA) is 114 Å². The first kappa shape index (κ1) is 22.0. The Labute approximate surface area is 177 Å². The van der Waals surface area contributed by atoms with Crippen LogP contribution in [0.4, 0.5) is 8.78 Å². The molecule has 0 spiro atoms. The second-order valence-corrected chi connectivity index (χ2v) is 6.61. The number of nitrogens with two attached hydrogens (primary N) is 1. The quantitative estimate of drug-likeness (QED) is 0.379. The van der Waals surface area contributed by atoms with E-state index in [0.717, 1.165) is 11.6 Å². The summed E-state index contributed by atoms with van der Waals surface area (Å²) >= 11 is 0. The number of rotatable bonds is 8. The van der Waals surface area contributed by atoms with Crippen LogP contribution in [0, 0.1) is 17.0 Å². The Morgan fingerprint density at radius 3 is 2.45 bits per heavy atom. The maximum absolute atomic E-state index is 15.2. The van der Waals surface area contributed by atoms with E-state index in [1.807, 2.05) is 0 Å². The van der Waals surface area contributed by atoms with Crippen molar-refractivity contribution in [2.75, 3.05) is 6.61 Å². The molecule has 0 aliphatic rings.